The molecule has 1 aromatic heterocycles. The third kappa shape index (κ3) is 3.60. The average molecular weight is 424 g/mol. The molecule has 0 bridgehead atoms. The zero-order valence-corrected chi connectivity index (χ0v) is 18.3. The Labute approximate surface area is 186 Å². The van der Waals surface area contributed by atoms with Crippen molar-refractivity contribution in [2.75, 3.05) is 6.54 Å². The lowest BCUT2D eigenvalue weighted by Gasteiger charge is -2.29. The van der Waals surface area contributed by atoms with Crippen LogP contribution in [0.1, 0.15) is 22.3 Å². The quantitative estimate of drug-likeness (QED) is 0.495. The minimum Gasteiger partial charge on any atom is -0.336 e. The molecule has 160 valence electrons. The third-order valence-corrected chi connectivity index (χ3v) is 6.28. The molecule has 3 aromatic carbocycles. The number of carbonyl (C=O) groups excluding carboxylic acids is 1. The first kappa shape index (κ1) is 20.2. The molecule has 5 rings (SSSR count). The van der Waals surface area contributed by atoms with E-state index in [1.807, 2.05) is 55.1 Å². The topological polar surface area (TPSA) is 55.2 Å². The van der Waals surface area contributed by atoms with Gasteiger partial charge >= 0.3 is 0 Å². The number of aryl methyl sites for hydroxylation is 2. The number of hydrogen-bond acceptors (Lipinski definition) is 3. The Morgan fingerprint density at radius 3 is 2.47 bits per heavy atom. The second kappa shape index (κ2) is 8.08. The van der Waals surface area contributed by atoms with Gasteiger partial charge in [-0.15, -0.1) is 0 Å². The summed E-state index contributed by atoms with van der Waals surface area (Å²) in [5.74, 6) is -0.0868. The highest BCUT2D eigenvalue weighted by Gasteiger charge is 2.22. The third-order valence-electron chi connectivity index (χ3n) is 6.28. The average Bonchev–Trinajstić information content (AvgIpc) is 2.82. The minimum absolute atomic E-state index is 0.0658. The molecule has 0 atom stereocenters. The van der Waals surface area contributed by atoms with Gasteiger partial charge in [0.1, 0.15) is 6.54 Å². The van der Waals surface area contributed by atoms with Crippen LogP contribution in [-0.4, -0.2) is 27.1 Å². The van der Waals surface area contributed by atoms with Gasteiger partial charge in [-0.1, -0.05) is 60.2 Å². The number of nitrogens with zero attached hydrogens (tertiary/aromatic N) is 3. The SMILES string of the molecule is Cc1ccc(C)c(-c2nn(CC(=O)N3CCc4ccccc4C3)c(=O)c3ccccc23)c1. The molecule has 0 saturated heterocycles. The van der Waals surface area contributed by atoms with Crippen molar-refractivity contribution in [2.24, 2.45) is 0 Å². The van der Waals surface area contributed by atoms with Crippen molar-refractivity contribution in [3.05, 3.63) is 99.3 Å². The number of benzene rings is 3. The highest BCUT2D eigenvalue weighted by atomic mass is 16.2. The van der Waals surface area contributed by atoms with Gasteiger partial charge in [0.15, 0.2) is 0 Å². The second-order valence-electron chi connectivity index (χ2n) is 8.51. The fourth-order valence-electron chi connectivity index (χ4n) is 4.47. The summed E-state index contributed by atoms with van der Waals surface area (Å²) in [6, 6.07) is 21.9. The number of amides is 1. The van der Waals surface area contributed by atoms with E-state index < -0.39 is 0 Å². The maximum absolute atomic E-state index is 13.2. The normalized spacial score (nSPS) is 13.2. The summed E-state index contributed by atoms with van der Waals surface area (Å²) >= 11 is 0. The van der Waals surface area contributed by atoms with E-state index in [4.69, 9.17) is 5.10 Å². The maximum atomic E-state index is 13.2. The molecular formula is C27H25N3O2. The van der Waals surface area contributed by atoms with Crippen LogP contribution in [0.2, 0.25) is 0 Å². The maximum Gasteiger partial charge on any atom is 0.275 e. The van der Waals surface area contributed by atoms with Crippen molar-refractivity contribution in [2.45, 2.75) is 33.4 Å². The predicted octanol–water partition coefficient (Wildman–Crippen LogP) is 4.27. The van der Waals surface area contributed by atoms with Crippen LogP contribution in [0.5, 0.6) is 0 Å². The fourth-order valence-corrected chi connectivity index (χ4v) is 4.47. The molecule has 4 aromatic rings. The van der Waals surface area contributed by atoms with Crippen molar-refractivity contribution in [1.29, 1.82) is 0 Å². The molecule has 0 spiro atoms. The van der Waals surface area contributed by atoms with Crippen LogP contribution in [0.3, 0.4) is 0 Å². The van der Waals surface area contributed by atoms with Crippen LogP contribution in [0.25, 0.3) is 22.0 Å². The summed E-state index contributed by atoms with van der Waals surface area (Å²) in [4.78, 5) is 28.2. The van der Waals surface area contributed by atoms with Gasteiger partial charge in [-0.2, -0.15) is 5.10 Å². The Morgan fingerprint density at radius 1 is 0.938 bits per heavy atom. The van der Waals surface area contributed by atoms with Gasteiger partial charge in [0.05, 0.1) is 11.1 Å². The zero-order chi connectivity index (χ0) is 22.2. The van der Waals surface area contributed by atoms with Crippen LogP contribution in [0.15, 0.2) is 71.5 Å². The molecule has 32 heavy (non-hydrogen) atoms. The van der Waals surface area contributed by atoms with E-state index in [2.05, 4.69) is 30.3 Å². The van der Waals surface area contributed by atoms with Gasteiger partial charge in [0.2, 0.25) is 5.91 Å². The number of fused-ring (bicyclic) bond motifs is 2. The van der Waals surface area contributed by atoms with Crippen LogP contribution >= 0.6 is 0 Å². The molecule has 2 heterocycles. The zero-order valence-electron chi connectivity index (χ0n) is 18.3. The monoisotopic (exact) mass is 423 g/mol. The van der Waals surface area contributed by atoms with E-state index >= 15 is 0 Å². The van der Waals surface area contributed by atoms with Crippen LogP contribution in [0, 0.1) is 13.8 Å². The Bertz CT molecular complexity index is 1400. The molecule has 0 fully saturated rings. The second-order valence-corrected chi connectivity index (χ2v) is 8.51. The summed E-state index contributed by atoms with van der Waals surface area (Å²) in [7, 11) is 0. The van der Waals surface area contributed by atoms with Gasteiger partial charge < -0.3 is 4.90 Å². The Balaban J connectivity index is 1.55. The lowest BCUT2D eigenvalue weighted by atomic mass is 9.99. The van der Waals surface area contributed by atoms with E-state index in [9.17, 15) is 9.59 Å². The molecule has 1 aliphatic heterocycles. The van der Waals surface area contributed by atoms with E-state index in [-0.39, 0.29) is 18.0 Å². The standard InChI is InChI=1S/C27H25N3O2/c1-18-11-12-19(2)24(15-18)26-22-9-5-6-10-23(22)27(32)30(28-26)17-25(31)29-14-13-20-7-3-4-8-21(20)16-29/h3-12,15H,13-14,16-17H2,1-2H3. The number of carbonyl (C=O) groups is 1. The molecule has 1 aliphatic rings. The first-order valence-electron chi connectivity index (χ1n) is 10.9. The molecule has 1 amide bonds. The van der Waals surface area contributed by atoms with Crippen molar-refractivity contribution in [3.63, 3.8) is 0 Å². The predicted molar refractivity (Wildman–Crippen MR) is 126 cm³/mol. The molecule has 5 heteroatoms. The van der Waals surface area contributed by atoms with Crippen LogP contribution in [-0.2, 0) is 24.3 Å². The van der Waals surface area contributed by atoms with Crippen LogP contribution in [0.4, 0.5) is 0 Å². The smallest absolute Gasteiger partial charge is 0.275 e. The van der Waals surface area contributed by atoms with E-state index in [1.165, 1.54) is 15.8 Å². The fraction of sp³-hybridized carbons (Fsp3) is 0.222. The van der Waals surface area contributed by atoms with Gasteiger partial charge in [0, 0.05) is 24.0 Å². The number of rotatable bonds is 3. The summed E-state index contributed by atoms with van der Waals surface area (Å²) in [5, 5.41) is 6.09. The molecule has 5 nitrogen and oxygen atoms in total. The van der Waals surface area contributed by atoms with Crippen molar-refractivity contribution >= 4 is 16.7 Å². The molecule has 0 N–H and O–H groups in total. The highest BCUT2D eigenvalue weighted by Crippen LogP contribution is 2.28. The highest BCUT2D eigenvalue weighted by molar-refractivity contribution is 5.94. The molecule has 0 saturated carbocycles. The van der Waals surface area contributed by atoms with E-state index in [0.717, 1.165) is 34.2 Å². The Kier molecular flexibility index (Phi) is 5.10. The van der Waals surface area contributed by atoms with Crippen molar-refractivity contribution < 1.29 is 4.79 Å². The first-order chi connectivity index (χ1) is 15.5. The van der Waals surface area contributed by atoms with E-state index in [0.29, 0.717) is 18.5 Å². The molecular weight excluding hydrogens is 398 g/mol. The van der Waals surface area contributed by atoms with Crippen molar-refractivity contribution in [1.82, 2.24) is 14.7 Å². The number of aromatic nitrogens is 2. The summed E-state index contributed by atoms with van der Waals surface area (Å²) in [5.41, 5.74) is 6.14. The minimum atomic E-state index is -0.236. The summed E-state index contributed by atoms with van der Waals surface area (Å²) in [6.07, 6.45) is 0.829. The lowest BCUT2D eigenvalue weighted by Crippen LogP contribution is -2.40. The van der Waals surface area contributed by atoms with Gasteiger partial charge in [-0.3, -0.25) is 9.59 Å². The Morgan fingerprint density at radius 2 is 1.66 bits per heavy atom. The first-order valence-corrected chi connectivity index (χ1v) is 10.9. The lowest BCUT2D eigenvalue weighted by molar-refractivity contribution is -0.133. The molecule has 0 aliphatic carbocycles. The van der Waals surface area contributed by atoms with Crippen LogP contribution < -0.4 is 5.56 Å². The number of hydrogen-bond donors (Lipinski definition) is 0. The summed E-state index contributed by atoms with van der Waals surface area (Å²) < 4.78 is 1.34. The van der Waals surface area contributed by atoms with E-state index in [1.54, 1.807) is 0 Å². The van der Waals surface area contributed by atoms with Gasteiger partial charge in [-0.05, 0) is 49.1 Å². The van der Waals surface area contributed by atoms with Crippen molar-refractivity contribution in [3.8, 4) is 11.3 Å². The Hall–Kier alpha value is -3.73. The van der Waals surface area contributed by atoms with Gasteiger partial charge in [-0.25, -0.2) is 4.68 Å². The largest absolute Gasteiger partial charge is 0.336 e. The molecule has 0 unspecified atom stereocenters. The van der Waals surface area contributed by atoms with Gasteiger partial charge in [0.25, 0.3) is 5.56 Å². The summed E-state index contributed by atoms with van der Waals surface area (Å²) in [6.45, 7) is 5.24. The molecule has 0 radical (unpaired) electrons.